The van der Waals surface area contributed by atoms with Gasteiger partial charge in [-0.05, 0) is 92.8 Å². The van der Waals surface area contributed by atoms with E-state index < -0.39 is 28.5 Å². The van der Waals surface area contributed by atoms with Gasteiger partial charge in [-0.1, -0.05) is 84.8 Å². The molecule has 0 bridgehead atoms. The highest BCUT2D eigenvalue weighted by Crippen LogP contribution is 2.28. The van der Waals surface area contributed by atoms with Crippen molar-refractivity contribution >= 4 is 39.1 Å². The monoisotopic (exact) mass is 659 g/mol. The van der Waals surface area contributed by atoms with Crippen molar-refractivity contribution < 1.29 is 18.0 Å². The second-order valence-corrected chi connectivity index (χ2v) is 14.1. The molecule has 46 heavy (non-hydrogen) atoms. The van der Waals surface area contributed by atoms with Gasteiger partial charge in [-0.3, -0.25) is 13.9 Å². The van der Waals surface area contributed by atoms with Crippen molar-refractivity contribution in [2.45, 2.75) is 71.0 Å². The van der Waals surface area contributed by atoms with Gasteiger partial charge in [-0.15, -0.1) is 0 Å². The van der Waals surface area contributed by atoms with Crippen molar-refractivity contribution in [2.75, 3.05) is 10.8 Å². The topological polar surface area (TPSA) is 86.8 Å². The smallest absolute Gasteiger partial charge is 0.264 e. The van der Waals surface area contributed by atoms with Crippen molar-refractivity contribution in [1.82, 2.24) is 10.2 Å². The molecule has 0 fully saturated rings. The third-order valence-electron chi connectivity index (χ3n) is 8.20. The van der Waals surface area contributed by atoms with Gasteiger partial charge < -0.3 is 10.2 Å². The predicted octanol–water partition coefficient (Wildman–Crippen LogP) is 7.02. The molecule has 4 aromatic carbocycles. The quantitative estimate of drug-likeness (QED) is 0.167. The summed E-state index contributed by atoms with van der Waals surface area (Å²) in [6, 6.07) is 27.4. The van der Waals surface area contributed by atoms with Crippen molar-refractivity contribution in [2.24, 2.45) is 0 Å². The summed E-state index contributed by atoms with van der Waals surface area (Å²) in [6.07, 6.45) is 0.976. The Kier molecular flexibility index (Phi) is 11.7. The van der Waals surface area contributed by atoms with E-state index in [2.05, 4.69) is 5.32 Å². The van der Waals surface area contributed by atoms with Crippen LogP contribution in [-0.2, 0) is 32.6 Å². The first-order valence-electron chi connectivity index (χ1n) is 15.4. The van der Waals surface area contributed by atoms with E-state index in [-0.39, 0.29) is 29.8 Å². The highest BCUT2D eigenvalue weighted by atomic mass is 35.5. The lowest BCUT2D eigenvalue weighted by molar-refractivity contribution is -0.140. The number of nitrogens with one attached hydrogen (secondary N) is 1. The third kappa shape index (κ3) is 8.77. The van der Waals surface area contributed by atoms with Crippen LogP contribution in [0.1, 0.15) is 48.1 Å². The van der Waals surface area contributed by atoms with Crippen LogP contribution in [0.2, 0.25) is 5.02 Å². The minimum Gasteiger partial charge on any atom is -0.352 e. The molecule has 9 heteroatoms. The molecular weight excluding hydrogens is 618 g/mol. The van der Waals surface area contributed by atoms with Crippen LogP contribution in [0.15, 0.2) is 102 Å². The number of hydrogen-bond donors (Lipinski definition) is 1. The molecule has 0 aliphatic carbocycles. The Morgan fingerprint density at radius 1 is 0.826 bits per heavy atom. The average Bonchev–Trinajstić information content (AvgIpc) is 3.04. The first-order valence-corrected chi connectivity index (χ1v) is 17.3. The Labute approximate surface area is 278 Å². The number of anilines is 1. The van der Waals surface area contributed by atoms with Gasteiger partial charge in [0.15, 0.2) is 0 Å². The second-order valence-electron chi connectivity index (χ2n) is 11.8. The van der Waals surface area contributed by atoms with Gasteiger partial charge in [0.1, 0.15) is 12.6 Å². The lowest BCUT2D eigenvalue weighted by atomic mass is 10.0. The highest BCUT2D eigenvalue weighted by molar-refractivity contribution is 7.92. The zero-order valence-corrected chi connectivity index (χ0v) is 28.6. The Morgan fingerprint density at radius 3 is 2.09 bits per heavy atom. The van der Waals surface area contributed by atoms with Gasteiger partial charge >= 0.3 is 0 Å². The Morgan fingerprint density at radius 2 is 1.48 bits per heavy atom. The maximum absolute atomic E-state index is 14.6. The normalized spacial score (nSPS) is 12.7. The molecule has 0 aliphatic heterocycles. The maximum atomic E-state index is 14.6. The van der Waals surface area contributed by atoms with Crippen molar-refractivity contribution in [3.05, 3.63) is 130 Å². The molecule has 0 aliphatic rings. The first-order chi connectivity index (χ1) is 21.9. The molecule has 0 unspecified atom stereocenters. The van der Waals surface area contributed by atoms with Gasteiger partial charge in [0.2, 0.25) is 11.8 Å². The molecule has 0 spiro atoms. The number of carbonyl (C=O) groups is 2. The summed E-state index contributed by atoms with van der Waals surface area (Å²) in [5.41, 5.74) is 4.99. The zero-order chi connectivity index (χ0) is 33.4. The molecule has 0 aromatic heterocycles. The fourth-order valence-corrected chi connectivity index (χ4v) is 6.56. The number of rotatable bonds is 13. The number of hydrogen-bond acceptors (Lipinski definition) is 4. The van der Waals surface area contributed by atoms with E-state index in [9.17, 15) is 18.0 Å². The summed E-state index contributed by atoms with van der Waals surface area (Å²) < 4.78 is 29.5. The molecule has 1 N–H and O–H groups in total. The number of benzene rings is 4. The van der Waals surface area contributed by atoms with Crippen LogP contribution in [0.4, 0.5) is 5.69 Å². The van der Waals surface area contributed by atoms with Crippen LogP contribution in [0.25, 0.3) is 0 Å². The second kappa shape index (κ2) is 15.4. The van der Waals surface area contributed by atoms with Crippen LogP contribution in [-0.4, -0.2) is 43.8 Å². The largest absolute Gasteiger partial charge is 0.352 e. The van der Waals surface area contributed by atoms with Crippen molar-refractivity contribution in [3.63, 3.8) is 0 Å². The Balaban J connectivity index is 1.82. The minimum atomic E-state index is -4.21. The Hall–Kier alpha value is -4.14. The summed E-state index contributed by atoms with van der Waals surface area (Å²) in [6.45, 7) is 9.32. The van der Waals surface area contributed by atoms with Gasteiger partial charge in [-0.25, -0.2) is 8.42 Å². The summed E-state index contributed by atoms with van der Waals surface area (Å²) in [7, 11) is -4.21. The standard InChI is InChI=1S/C37H42ClN3O4S/c1-6-29(5)39-37(43)35(23-30-10-8-7-9-11-30)40(24-31-15-12-26(2)13-16-31)36(42)25-41(33-19-14-27(3)28(4)22-33)46(44,45)34-20-17-32(38)18-21-34/h7-22,29,35H,6,23-25H2,1-5H3,(H,39,43)/t29-,35+/m1/s1. The molecule has 2 amide bonds. The third-order valence-corrected chi connectivity index (χ3v) is 10.2. The molecule has 0 saturated carbocycles. The number of sulfonamides is 1. The SMILES string of the molecule is CC[C@@H](C)NC(=O)[C@H](Cc1ccccc1)N(Cc1ccc(C)cc1)C(=O)CN(c1ccc(C)c(C)c1)S(=O)(=O)c1ccc(Cl)cc1. The summed E-state index contributed by atoms with van der Waals surface area (Å²) >= 11 is 6.08. The van der Waals surface area contributed by atoms with Crippen LogP contribution in [0, 0.1) is 20.8 Å². The molecule has 4 aromatic rings. The van der Waals surface area contributed by atoms with E-state index in [0.717, 1.165) is 38.5 Å². The summed E-state index contributed by atoms with van der Waals surface area (Å²) in [4.78, 5) is 30.1. The van der Waals surface area contributed by atoms with E-state index in [0.29, 0.717) is 10.7 Å². The molecule has 4 rings (SSSR count). The van der Waals surface area contributed by atoms with Crippen LogP contribution >= 0.6 is 11.6 Å². The lowest BCUT2D eigenvalue weighted by Gasteiger charge is -2.34. The fraction of sp³-hybridized carbons (Fsp3) is 0.297. The zero-order valence-electron chi connectivity index (χ0n) is 27.0. The molecule has 0 saturated heterocycles. The number of amides is 2. The summed E-state index contributed by atoms with van der Waals surface area (Å²) in [5.74, 6) is -0.798. The van der Waals surface area contributed by atoms with E-state index in [1.807, 2.05) is 95.3 Å². The molecule has 242 valence electrons. The average molecular weight is 660 g/mol. The van der Waals surface area contributed by atoms with Crippen LogP contribution in [0.5, 0.6) is 0 Å². The molecule has 0 heterocycles. The minimum absolute atomic E-state index is 0.00311. The van der Waals surface area contributed by atoms with Crippen molar-refractivity contribution in [3.8, 4) is 0 Å². The van der Waals surface area contributed by atoms with E-state index >= 15 is 0 Å². The van der Waals surface area contributed by atoms with Gasteiger partial charge in [-0.2, -0.15) is 0 Å². The Bertz CT molecular complexity index is 1740. The van der Waals surface area contributed by atoms with E-state index in [1.54, 1.807) is 12.1 Å². The molecule has 2 atom stereocenters. The fourth-order valence-electron chi connectivity index (χ4n) is 5.03. The van der Waals surface area contributed by atoms with E-state index in [4.69, 9.17) is 11.6 Å². The lowest BCUT2D eigenvalue weighted by Crippen LogP contribution is -2.54. The van der Waals surface area contributed by atoms with Crippen LogP contribution in [0.3, 0.4) is 0 Å². The number of nitrogens with zero attached hydrogens (tertiary/aromatic N) is 2. The molecule has 0 radical (unpaired) electrons. The molecule has 7 nitrogen and oxygen atoms in total. The van der Waals surface area contributed by atoms with Crippen molar-refractivity contribution in [1.29, 1.82) is 0 Å². The number of halogens is 1. The van der Waals surface area contributed by atoms with E-state index in [1.165, 1.54) is 29.2 Å². The number of aryl methyl sites for hydroxylation is 3. The number of carbonyl (C=O) groups excluding carboxylic acids is 2. The van der Waals surface area contributed by atoms with Gasteiger partial charge in [0, 0.05) is 24.0 Å². The summed E-state index contributed by atoms with van der Waals surface area (Å²) in [5, 5.41) is 3.46. The van der Waals surface area contributed by atoms with Gasteiger partial charge in [0.25, 0.3) is 10.0 Å². The maximum Gasteiger partial charge on any atom is 0.264 e. The molecular formula is C37H42ClN3O4S. The predicted molar refractivity (Wildman–Crippen MR) is 185 cm³/mol. The first kappa shape index (κ1) is 34.7. The van der Waals surface area contributed by atoms with Gasteiger partial charge in [0.05, 0.1) is 10.6 Å². The van der Waals surface area contributed by atoms with Crippen LogP contribution < -0.4 is 9.62 Å². The highest BCUT2D eigenvalue weighted by Gasteiger charge is 2.35.